The van der Waals surface area contributed by atoms with Crippen molar-refractivity contribution >= 4 is 11.9 Å². The van der Waals surface area contributed by atoms with Gasteiger partial charge in [0.05, 0.1) is 18.0 Å². The number of nitrogens with one attached hydrogen (secondary N) is 1. The molecule has 2 aromatic rings. The second-order valence-electron chi connectivity index (χ2n) is 8.45. The highest BCUT2D eigenvalue weighted by atomic mass is 16.5. The van der Waals surface area contributed by atoms with Crippen LogP contribution in [0, 0.1) is 0 Å². The van der Waals surface area contributed by atoms with Crippen LogP contribution in [0.15, 0.2) is 17.1 Å². The van der Waals surface area contributed by atoms with Crippen molar-refractivity contribution in [2.45, 2.75) is 52.6 Å². The summed E-state index contributed by atoms with van der Waals surface area (Å²) in [5.74, 6) is 1.47. The molecular weight excluding hydrogens is 406 g/mol. The highest BCUT2D eigenvalue weighted by Crippen LogP contribution is 2.20. The molecule has 9 nitrogen and oxygen atoms in total. The van der Waals surface area contributed by atoms with Gasteiger partial charge in [0.2, 0.25) is 11.9 Å². The number of rotatable bonds is 9. The number of fused-ring (bicyclic) bond motifs is 1. The van der Waals surface area contributed by atoms with Crippen molar-refractivity contribution in [2.24, 2.45) is 0 Å². The topological polar surface area (TPSA) is 90.5 Å². The maximum atomic E-state index is 12.7. The third-order valence-electron chi connectivity index (χ3n) is 6.26. The average Bonchev–Trinajstić information content (AvgIpc) is 2.82. The van der Waals surface area contributed by atoms with E-state index < -0.39 is 0 Å². The van der Waals surface area contributed by atoms with E-state index in [2.05, 4.69) is 31.6 Å². The monoisotopic (exact) mass is 441 g/mol. The second-order valence-corrected chi connectivity index (χ2v) is 8.45. The molecule has 0 atom stereocenters. The predicted octanol–water partition coefficient (Wildman–Crippen LogP) is 1.97. The van der Waals surface area contributed by atoms with Gasteiger partial charge in [0, 0.05) is 64.2 Å². The van der Waals surface area contributed by atoms with Crippen LogP contribution < -0.4 is 15.4 Å². The summed E-state index contributed by atoms with van der Waals surface area (Å²) in [5, 5.41) is 0. The molecule has 0 bridgehead atoms. The van der Waals surface area contributed by atoms with Gasteiger partial charge in [-0.15, -0.1) is 0 Å². The first-order valence-electron chi connectivity index (χ1n) is 11.9. The highest BCUT2D eigenvalue weighted by molar-refractivity contribution is 5.35. The van der Waals surface area contributed by atoms with Gasteiger partial charge in [-0.25, -0.2) is 15.0 Å². The number of nitrogens with zero attached hydrogens (tertiary/aromatic N) is 6. The van der Waals surface area contributed by atoms with E-state index in [9.17, 15) is 4.79 Å². The van der Waals surface area contributed by atoms with Crippen LogP contribution in [0.4, 0.5) is 11.9 Å². The first kappa shape index (κ1) is 22.7. The predicted molar refractivity (Wildman–Crippen MR) is 125 cm³/mol. The van der Waals surface area contributed by atoms with E-state index in [0.717, 1.165) is 74.4 Å². The summed E-state index contributed by atoms with van der Waals surface area (Å²) < 4.78 is 5.49. The molecule has 174 valence electrons. The van der Waals surface area contributed by atoms with Crippen LogP contribution in [0.3, 0.4) is 0 Å². The van der Waals surface area contributed by atoms with Crippen molar-refractivity contribution in [3.05, 3.63) is 39.6 Å². The molecule has 0 radical (unpaired) electrons. The lowest BCUT2D eigenvalue weighted by Gasteiger charge is -2.30. The Labute approximate surface area is 189 Å². The fourth-order valence-electron chi connectivity index (χ4n) is 4.44. The van der Waals surface area contributed by atoms with E-state index in [1.54, 1.807) is 0 Å². The van der Waals surface area contributed by atoms with Crippen molar-refractivity contribution in [1.29, 1.82) is 0 Å². The maximum absolute atomic E-state index is 12.7. The lowest BCUT2D eigenvalue weighted by atomic mass is 10.1. The van der Waals surface area contributed by atoms with Crippen molar-refractivity contribution in [3.63, 3.8) is 0 Å². The zero-order valence-electron chi connectivity index (χ0n) is 19.3. The first-order valence-corrected chi connectivity index (χ1v) is 11.9. The largest absolute Gasteiger partial charge is 0.380 e. The molecule has 1 saturated heterocycles. The number of H-pyrrole nitrogens is 1. The van der Waals surface area contributed by atoms with E-state index in [0.29, 0.717) is 32.7 Å². The van der Waals surface area contributed by atoms with Crippen LogP contribution in [0.25, 0.3) is 0 Å². The fraction of sp³-hybridized carbons (Fsp3) is 0.652. The van der Waals surface area contributed by atoms with Crippen molar-refractivity contribution in [1.82, 2.24) is 24.8 Å². The van der Waals surface area contributed by atoms with Crippen molar-refractivity contribution in [3.8, 4) is 0 Å². The molecule has 9 heteroatoms. The van der Waals surface area contributed by atoms with Crippen molar-refractivity contribution in [2.75, 3.05) is 55.7 Å². The molecule has 2 aliphatic rings. The SMILES string of the molecule is CCOCCN(CC)c1nccc(CN2CCc3c(nc(N4CCCCC4)[nH]c3=O)C2)n1. The van der Waals surface area contributed by atoms with Gasteiger partial charge in [0.1, 0.15) is 0 Å². The molecule has 0 amide bonds. The third-order valence-corrected chi connectivity index (χ3v) is 6.26. The summed E-state index contributed by atoms with van der Waals surface area (Å²) in [4.78, 5) is 36.5. The lowest BCUT2D eigenvalue weighted by Crippen LogP contribution is -2.38. The minimum atomic E-state index is 0.0208. The normalized spacial score (nSPS) is 16.8. The van der Waals surface area contributed by atoms with Crippen LogP contribution in [0.5, 0.6) is 0 Å². The Bertz CT molecular complexity index is 942. The molecule has 0 saturated carbocycles. The Morgan fingerprint density at radius 3 is 2.78 bits per heavy atom. The number of aromatic amines is 1. The van der Waals surface area contributed by atoms with Crippen LogP contribution in [-0.2, 0) is 24.2 Å². The Morgan fingerprint density at radius 1 is 1.16 bits per heavy atom. The van der Waals surface area contributed by atoms with E-state index in [4.69, 9.17) is 14.7 Å². The molecule has 0 aliphatic carbocycles. The average molecular weight is 442 g/mol. The molecule has 0 spiro atoms. The fourth-order valence-corrected chi connectivity index (χ4v) is 4.44. The molecule has 2 aromatic heterocycles. The molecule has 2 aliphatic heterocycles. The molecule has 1 fully saturated rings. The van der Waals surface area contributed by atoms with Gasteiger partial charge >= 0.3 is 0 Å². The van der Waals surface area contributed by atoms with Gasteiger partial charge < -0.3 is 14.5 Å². The summed E-state index contributed by atoms with van der Waals surface area (Å²) in [5.41, 5.74) is 2.74. The zero-order chi connectivity index (χ0) is 22.3. The van der Waals surface area contributed by atoms with Gasteiger partial charge in [-0.3, -0.25) is 14.7 Å². The van der Waals surface area contributed by atoms with E-state index in [-0.39, 0.29) is 5.56 Å². The molecule has 1 N–H and O–H groups in total. The van der Waals surface area contributed by atoms with Gasteiger partial charge in [0.15, 0.2) is 0 Å². The zero-order valence-corrected chi connectivity index (χ0v) is 19.3. The van der Waals surface area contributed by atoms with Gasteiger partial charge in [-0.2, -0.15) is 0 Å². The summed E-state index contributed by atoms with van der Waals surface area (Å²) in [6, 6.07) is 1.97. The highest BCUT2D eigenvalue weighted by Gasteiger charge is 2.23. The number of aromatic nitrogens is 4. The van der Waals surface area contributed by atoms with Crippen LogP contribution in [0.1, 0.15) is 50.1 Å². The Hall–Kier alpha value is -2.52. The number of likely N-dealkylation sites (N-methyl/N-ethyl adjacent to an activating group) is 1. The van der Waals surface area contributed by atoms with E-state index in [1.165, 1.54) is 6.42 Å². The van der Waals surface area contributed by atoms with E-state index in [1.807, 2.05) is 19.2 Å². The number of hydrogen-bond acceptors (Lipinski definition) is 8. The lowest BCUT2D eigenvalue weighted by molar-refractivity contribution is 0.153. The van der Waals surface area contributed by atoms with Crippen LogP contribution in [-0.4, -0.2) is 70.8 Å². The molecule has 0 aromatic carbocycles. The summed E-state index contributed by atoms with van der Waals surface area (Å²) in [6.07, 6.45) is 6.10. The minimum Gasteiger partial charge on any atom is -0.380 e. The Balaban J connectivity index is 1.45. The van der Waals surface area contributed by atoms with Crippen LogP contribution in [0.2, 0.25) is 0 Å². The quantitative estimate of drug-likeness (QED) is 0.591. The van der Waals surface area contributed by atoms with E-state index >= 15 is 0 Å². The van der Waals surface area contributed by atoms with Gasteiger partial charge in [0.25, 0.3) is 5.56 Å². The van der Waals surface area contributed by atoms with Crippen LogP contribution >= 0.6 is 0 Å². The third kappa shape index (κ3) is 5.45. The smallest absolute Gasteiger partial charge is 0.255 e. The Morgan fingerprint density at radius 2 is 2.00 bits per heavy atom. The molecular formula is C23H35N7O2. The summed E-state index contributed by atoms with van der Waals surface area (Å²) in [6.45, 7) is 11.2. The minimum absolute atomic E-state index is 0.0208. The second kappa shape index (κ2) is 10.9. The number of piperidine rings is 1. The van der Waals surface area contributed by atoms with Gasteiger partial charge in [-0.05, 0) is 45.6 Å². The molecule has 4 rings (SSSR count). The molecule has 0 unspecified atom stereocenters. The number of hydrogen-bond donors (Lipinski definition) is 1. The molecule has 4 heterocycles. The summed E-state index contributed by atoms with van der Waals surface area (Å²) in [7, 11) is 0. The number of ether oxygens (including phenoxy) is 1. The maximum Gasteiger partial charge on any atom is 0.255 e. The summed E-state index contributed by atoms with van der Waals surface area (Å²) >= 11 is 0. The first-order chi connectivity index (χ1) is 15.7. The molecule has 32 heavy (non-hydrogen) atoms. The standard InChI is InChI=1S/C23H35N7O2/c1-3-29(14-15-32-4-2)22-24-10-8-18(25-22)16-28-13-9-19-20(17-28)26-23(27-21(19)31)30-11-6-5-7-12-30/h8,10H,3-7,9,11-17H2,1-2H3,(H,26,27,31). The van der Waals surface area contributed by atoms with Gasteiger partial charge in [-0.1, -0.05) is 0 Å². The van der Waals surface area contributed by atoms with Crippen molar-refractivity contribution < 1.29 is 4.74 Å². The Kier molecular flexibility index (Phi) is 7.70. The number of anilines is 2.